The summed E-state index contributed by atoms with van der Waals surface area (Å²) < 4.78 is 40.6. The highest BCUT2D eigenvalue weighted by Gasteiger charge is 2.43. The van der Waals surface area contributed by atoms with Crippen LogP contribution in [0.25, 0.3) is 0 Å². The van der Waals surface area contributed by atoms with Crippen LogP contribution >= 0.6 is 11.6 Å². The highest BCUT2D eigenvalue weighted by atomic mass is 35.5. The fourth-order valence-corrected chi connectivity index (χ4v) is 6.50. The third-order valence-electron chi connectivity index (χ3n) is 8.48. The minimum absolute atomic E-state index is 0.0897. The molecular formula is C32H35ClF3N3O2. The zero-order valence-corrected chi connectivity index (χ0v) is 23.8. The normalized spacial score (nSPS) is 23.3. The maximum Gasteiger partial charge on any atom is 0.416 e. The molecule has 2 amide bonds. The van der Waals surface area contributed by atoms with Crippen molar-refractivity contribution in [1.82, 2.24) is 10.2 Å². The van der Waals surface area contributed by atoms with Crippen LogP contribution in [0, 0.1) is 18.8 Å². The number of allylic oxidation sites excluding steroid dienone is 2. The van der Waals surface area contributed by atoms with Gasteiger partial charge in [0.2, 0.25) is 5.91 Å². The van der Waals surface area contributed by atoms with E-state index in [1.807, 2.05) is 6.08 Å². The van der Waals surface area contributed by atoms with Crippen molar-refractivity contribution in [2.24, 2.45) is 11.8 Å². The van der Waals surface area contributed by atoms with E-state index in [2.05, 4.69) is 22.8 Å². The molecule has 0 radical (unpaired) electrons. The van der Waals surface area contributed by atoms with Crippen LogP contribution in [0.2, 0.25) is 5.02 Å². The zero-order valence-electron chi connectivity index (χ0n) is 23.0. The molecule has 3 aliphatic rings. The van der Waals surface area contributed by atoms with Crippen LogP contribution in [0.15, 0.2) is 66.4 Å². The average Bonchev–Trinajstić information content (AvgIpc) is 3.46. The number of hydrogen-bond donors (Lipinski definition) is 2. The van der Waals surface area contributed by atoms with Crippen molar-refractivity contribution < 1.29 is 22.8 Å². The highest BCUT2D eigenvalue weighted by molar-refractivity contribution is 6.30. The first-order valence-electron chi connectivity index (χ1n) is 14.3. The van der Waals surface area contributed by atoms with Crippen molar-refractivity contribution in [2.45, 2.75) is 70.1 Å². The summed E-state index contributed by atoms with van der Waals surface area (Å²) in [6.45, 7) is 1.88. The smallest absolute Gasteiger partial charge is 0.383 e. The number of aryl methyl sites for hydroxylation is 1. The quantitative estimate of drug-likeness (QED) is 0.369. The molecule has 1 saturated heterocycles. The van der Waals surface area contributed by atoms with Crippen molar-refractivity contribution in [2.75, 3.05) is 11.9 Å². The Bertz CT molecular complexity index is 1330. The Morgan fingerprint density at radius 3 is 2.39 bits per heavy atom. The van der Waals surface area contributed by atoms with Crippen LogP contribution in [0.4, 0.5) is 18.9 Å². The number of likely N-dealkylation sites (tertiary alicyclic amines) is 1. The molecular weight excluding hydrogens is 551 g/mol. The minimum Gasteiger partial charge on any atom is -0.383 e. The minimum atomic E-state index is -4.52. The van der Waals surface area contributed by atoms with Gasteiger partial charge in [-0.3, -0.25) is 9.59 Å². The Morgan fingerprint density at radius 2 is 1.73 bits per heavy atom. The Hall–Kier alpha value is -3.26. The predicted octanol–water partition coefficient (Wildman–Crippen LogP) is 7.52. The van der Waals surface area contributed by atoms with Crippen LogP contribution in [0.1, 0.15) is 66.4 Å². The first-order valence-corrected chi connectivity index (χ1v) is 14.7. The highest BCUT2D eigenvalue weighted by Crippen LogP contribution is 2.37. The molecule has 1 aliphatic heterocycles. The number of rotatable bonds is 6. The summed E-state index contributed by atoms with van der Waals surface area (Å²) in [6.07, 6.45) is 8.25. The average molecular weight is 586 g/mol. The number of halogens is 4. The lowest BCUT2D eigenvalue weighted by Crippen LogP contribution is -2.55. The monoisotopic (exact) mass is 585 g/mol. The van der Waals surface area contributed by atoms with Gasteiger partial charge in [-0.2, -0.15) is 13.2 Å². The van der Waals surface area contributed by atoms with Crippen LogP contribution in [0.3, 0.4) is 0 Å². The second kappa shape index (κ2) is 12.3. The molecule has 1 saturated carbocycles. The molecule has 2 fully saturated rings. The number of alkyl halides is 3. The maximum atomic E-state index is 13.8. The van der Waals surface area contributed by atoms with Gasteiger partial charge >= 0.3 is 6.18 Å². The molecule has 0 spiro atoms. The van der Waals surface area contributed by atoms with Gasteiger partial charge in [0.25, 0.3) is 5.91 Å². The summed E-state index contributed by atoms with van der Waals surface area (Å²) in [5.41, 5.74) is 0.937. The molecule has 218 valence electrons. The van der Waals surface area contributed by atoms with Crippen LogP contribution in [-0.4, -0.2) is 35.3 Å². The Labute approximate surface area is 243 Å². The topological polar surface area (TPSA) is 61.4 Å². The van der Waals surface area contributed by atoms with Crippen LogP contribution < -0.4 is 10.6 Å². The van der Waals surface area contributed by atoms with E-state index in [9.17, 15) is 22.8 Å². The lowest BCUT2D eigenvalue weighted by Gasteiger charge is -2.44. The van der Waals surface area contributed by atoms with Crippen LogP contribution in [-0.2, 0) is 11.0 Å². The SMILES string of the molecule is Cc1ccc(NC(=O)C2CCCN(C(=O)c3ccc(Cl)cc3)C2[C@@H]2C=CC(NC3CCCC3)=CC2)cc1C(F)(F)F. The Kier molecular flexibility index (Phi) is 8.78. The molecule has 9 heteroatoms. The van der Waals surface area contributed by atoms with E-state index < -0.39 is 23.7 Å². The molecule has 1 heterocycles. The standard InChI is InChI=1S/C32H35ClF3N3O2/c1-20-8-15-26(19-28(20)32(34,35)36)38-30(40)27-7-4-18-39(31(41)22-9-13-23(33)14-10-22)29(27)21-11-16-25(17-12-21)37-24-5-2-3-6-24/h8-11,13-17,19,21,24,27,29,37H,2-7,12,18H2,1H3,(H,38,40)/t21-,27?,29?/m1/s1. The molecule has 2 aromatic carbocycles. The number of nitrogens with zero attached hydrogens (tertiary/aromatic N) is 1. The van der Waals surface area contributed by atoms with E-state index in [1.54, 1.807) is 29.2 Å². The number of benzene rings is 2. The third kappa shape index (κ3) is 6.80. The van der Waals surface area contributed by atoms with Crippen molar-refractivity contribution in [3.05, 3.63) is 88.1 Å². The third-order valence-corrected chi connectivity index (χ3v) is 8.74. The Morgan fingerprint density at radius 1 is 1.00 bits per heavy atom. The van der Waals surface area contributed by atoms with Gasteiger partial charge < -0.3 is 15.5 Å². The molecule has 5 nitrogen and oxygen atoms in total. The van der Waals surface area contributed by atoms with Crippen LogP contribution in [0.5, 0.6) is 0 Å². The fourth-order valence-electron chi connectivity index (χ4n) is 6.37. The van der Waals surface area contributed by atoms with Crippen molar-refractivity contribution >= 4 is 29.1 Å². The molecule has 2 unspecified atom stereocenters. The molecule has 5 rings (SSSR count). The van der Waals surface area contributed by atoms with Crippen molar-refractivity contribution in [3.63, 3.8) is 0 Å². The van der Waals surface area contributed by atoms with E-state index in [4.69, 9.17) is 11.6 Å². The van der Waals surface area contributed by atoms with Gasteiger partial charge in [0.1, 0.15) is 0 Å². The first-order chi connectivity index (χ1) is 19.6. The zero-order chi connectivity index (χ0) is 29.1. The second-order valence-corrected chi connectivity index (χ2v) is 11.7. The van der Waals surface area contributed by atoms with Crippen molar-refractivity contribution in [3.8, 4) is 0 Å². The van der Waals surface area contributed by atoms with Gasteiger partial charge in [0.05, 0.1) is 17.5 Å². The van der Waals surface area contributed by atoms with Gasteiger partial charge in [0.15, 0.2) is 0 Å². The summed E-state index contributed by atoms with van der Waals surface area (Å²) in [7, 11) is 0. The summed E-state index contributed by atoms with van der Waals surface area (Å²) >= 11 is 6.05. The van der Waals surface area contributed by atoms with Gasteiger partial charge in [0, 0.05) is 40.5 Å². The van der Waals surface area contributed by atoms with Gasteiger partial charge in [-0.1, -0.05) is 42.7 Å². The predicted molar refractivity (Wildman–Crippen MR) is 155 cm³/mol. The molecule has 2 N–H and O–H groups in total. The fraction of sp³-hybridized carbons (Fsp3) is 0.438. The van der Waals surface area contributed by atoms with E-state index in [1.165, 1.54) is 31.9 Å². The largest absolute Gasteiger partial charge is 0.416 e. The van der Waals surface area contributed by atoms with Gasteiger partial charge in [-0.25, -0.2) is 0 Å². The van der Waals surface area contributed by atoms with Gasteiger partial charge in [-0.05, 0) is 87.1 Å². The summed E-state index contributed by atoms with van der Waals surface area (Å²) in [6, 6.07) is 10.5. The molecule has 0 aromatic heterocycles. The van der Waals surface area contributed by atoms with E-state index >= 15 is 0 Å². The molecule has 2 aliphatic carbocycles. The number of amides is 2. The number of nitrogens with one attached hydrogen (secondary N) is 2. The first kappa shape index (κ1) is 29.2. The van der Waals surface area contributed by atoms with E-state index in [0.717, 1.165) is 24.6 Å². The summed E-state index contributed by atoms with van der Waals surface area (Å²) in [4.78, 5) is 29.2. The number of carbonyl (C=O) groups is 2. The second-order valence-electron chi connectivity index (χ2n) is 11.3. The number of carbonyl (C=O) groups excluding carboxylic acids is 2. The molecule has 2 aromatic rings. The summed E-state index contributed by atoms with van der Waals surface area (Å²) in [5, 5.41) is 6.86. The number of piperidine rings is 1. The molecule has 0 bridgehead atoms. The van der Waals surface area contributed by atoms with Gasteiger partial charge in [-0.15, -0.1) is 0 Å². The lowest BCUT2D eigenvalue weighted by atomic mass is 9.77. The Balaban J connectivity index is 1.40. The summed E-state index contributed by atoms with van der Waals surface area (Å²) in [5.74, 6) is -1.29. The van der Waals surface area contributed by atoms with Crippen molar-refractivity contribution in [1.29, 1.82) is 0 Å². The molecule has 41 heavy (non-hydrogen) atoms. The van der Waals surface area contributed by atoms with E-state index in [0.29, 0.717) is 42.4 Å². The maximum absolute atomic E-state index is 13.8. The number of hydrogen-bond acceptors (Lipinski definition) is 3. The van der Waals surface area contributed by atoms with E-state index in [-0.39, 0.29) is 29.0 Å². The number of anilines is 1. The molecule has 3 atom stereocenters. The lowest BCUT2D eigenvalue weighted by molar-refractivity contribution is -0.138.